The SMILES string of the molecule is C=CN1CCN(C(=C)/C=C\C(C#N)=C/C)CC1. The number of rotatable bonds is 4. The van der Waals surface area contributed by atoms with Gasteiger partial charge in [0.1, 0.15) is 0 Å². The summed E-state index contributed by atoms with van der Waals surface area (Å²) in [5.41, 5.74) is 1.62. The molecule has 0 saturated carbocycles. The maximum absolute atomic E-state index is 8.79. The fourth-order valence-corrected chi connectivity index (χ4v) is 1.68. The zero-order valence-electron chi connectivity index (χ0n) is 10.4. The molecule has 1 fully saturated rings. The summed E-state index contributed by atoms with van der Waals surface area (Å²) in [6, 6.07) is 2.12. The highest BCUT2D eigenvalue weighted by atomic mass is 15.3. The lowest BCUT2D eigenvalue weighted by molar-refractivity contribution is 0.210. The van der Waals surface area contributed by atoms with E-state index in [1.54, 1.807) is 6.08 Å². The second-order valence-electron chi connectivity index (χ2n) is 3.89. The van der Waals surface area contributed by atoms with E-state index >= 15 is 0 Å². The van der Waals surface area contributed by atoms with E-state index in [0.717, 1.165) is 31.9 Å². The van der Waals surface area contributed by atoms with Crippen molar-refractivity contribution in [3.05, 3.63) is 48.9 Å². The third-order valence-corrected chi connectivity index (χ3v) is 2.87. The molecule has 0 aliphatic carbocycles. The molecule has 17 heavy (non-hydrogen) atoms. The molecule has 0 aromatic rings. The van der Waals surface area contributed by atoms with Crippen molar-refractivity contribution in [2.75, 3.05) is 26.2 Å². The number of piperazine rings is 1. The average molecular weight is 229 g/mol. The molecule has 0 bridgehead atoms. The average Bonchev–Trinajstić information content (AvgIpc) is 2.39. The van der Waals surface area contributed by atoms with Crippen LogP contribution < -0.4 is 0 Å². The van der Waals surface area contributed by atoms with E-state index in [0.29, 0.717) is 5.57 Å². The van der Waals surface area contributed by atoms with Gasteiger partial charge in [0, 0.05) is 37.4 Å². The first-order valence-corrected chi connectivity index (χ1v) is 5.76. The highest BCUT2D eigenvalue weighted by Crippen LogP contribution is 2.10. The Hall–Kier alpha value is -1.95. The third-order valence-electron chi connectivity index (χ3n) is 2.87. The quantitative estimate of drug-likeness (QED) is 0.547. The molecule has 0 unspecified atom stereocenters. The van der Waals surface area contributed by atoms with Crippen LogP contribution in [0.2, 0.25) is 0 Å². The van der Waals surface area contributed by atoms with E-state index in [9.17, 15) is 0 Å². The van der Waals surface area contributed by atoms with Crippen molar-refractivity contribution in [2.24, 2.45) is 0 Å². The monoisotopic (exact) mass is 229 g/mol. The fourth-order valence-electron chi connectivity index (χ4n) is 1.68. The van der Waals surface area contributed by atoms with Gasteiger partial charge in [0.25, 0.3) is 0 Å². The molecule has 0 spiro atoms. The van der Waals surface area contributed by atoms with Crippen molar-refractivity contribution in [1.29, 1.82) is 5.26 Å². The van der Waals surface area contributed by atoms with Crippen LogP contribution in [0.4, 0.5) is 0 Å². The van der Waals surface area contributed by atoms with Gasteiger partial charge in [-0.1, -0.05) is 19.2 Å². The molecule has 1 aliphatic heterocycles. The van der Waals surface area contributed by atoms with E-state index in [1.807, 2.05) is 25.3 Å². The Labute approximate surface area is 104 Å². The first-order valence-electron chi connectivity index (χ1n) is 5.76. The van der Waals surface area contributed by atoms with Gasteiger partial charge >= 0.3 is 0 Å². The highest BCUT2D eigenvalue weighted by molar-refractivity contribution is 5.35. The van der Waals surface area contributed by atoms with E-state index in [1.165, 1.54) is 0 Å². The van der Waals surface area contributed by atoms with Crippen LogP contribution in [-0.2, 0) is 0 Å². The predicted octanol–water partition coefficient (Wildman–Crippen LogP) is 2.29. The van der Waals surface area contributed by atoms with Gasteiger partial charge in [-0.3, -0.25) is 0 Å². The number of allylic oxidation sites excluding steroid dienone is 4. The highest BCUT2D eigenvalue weighted by Gasteiger charge is 2.13. The van der Waals surface area contributed by atoms with Crippen LogP contribution in [0.15, 0.2) is 48.9 Å². The van der Waals surface area contributed by atoms with Gasteiger partial charge in [-0.25, -0.2) is 0 Å². The van der Waals surface area contributed by atoms with E-state index in [4.69, 9.17) is 5.26 Å². The molecule has 0 radical (unpaired) electrons. The topological polar surface area (TPSA) is 30.3 Å². The van der Waals surface area contributed by atoms with Gasteiger partial charge in [-0.15, -0.1) is 0 Å². The third kappa shape index (κ3) is 3.84. The van der Waals surface area contributed by atoms with Gasteiger partial charge in [-0.05, 0) is 25.3 Å². The van der Waals surface area contributed by atoms with E-state index in [-0.39, 0.29) is 0 Å². The second-order valence-corrected chi connectivity index (χ2v) is 3.89. The molecule has 1 heterocycles. The van der Waals surface area contributed by atoms with Crippen molar-refractivity contribution < 1.29 is 0 Å². The lowest BCUT2D eigenvalue weighted by Gasteiger charge is -2.35. The molecule has 1 rings (SSSR count). The molecule has 0 N–H and O–H groups in total. The van der Waals surface area contributed by atoms with Gasteiger partial charge in [0.2, 0.25) is 0 Å². The first-order chi connectivity index (χ1) is 8.21. The van der Waals surface area contributed by atoms with Crippen molar-refractivity contribution in [1.82, 2.24) is 9.80 Å². The van der Waals surface area contributed by atoms with E-state index in [2.05, 4.69) is 29.0 Å². The molecule has 0 aromatic heterocycles. The van der Waals surface area contributed by atoms with E-state index < -0.39 is 0 Å². The van der Waals surface area contributed by atoms with Crippen LogP contribution in [0.3, 0.4) is 0 Å². The van der Waals surface area contributed by atoms with Crippen LogP contribution in [0.1, 0.15) is 6.92 Å². The maximum Gasteiger partial charge on any atom is 0.0988 e. The lowest BCUT2D eigenvalue weighted by Crippen LogP contribution is -2.42. The van der Waals surface area contributed by atoms with Gasteiger partial charge in [0.05, 0.1) is 6.07 Å². The zero-order chi connectivity index (χ0) is 12.7. The Kier molecular flexibility index (Phi) is 5.09. The van der Waals surface area contributed by atoms with Gasteiger partial charge < -0.3 is 9.80 Å². The Bertz CT molecular complexity index is 377. The summed E-state index contributed by atoms with van der Waals surface area (Å²) in [5.74, 6) is 0. The number of nitrogens with zero attached hydrogens (tertiary/aromatic N) is 3. The second kappa shape index (κ2) is 6.59. The molecule has 1 saturated heterocycles. The summed E-state index contributed by atoms with van der Waals surface area (Å²) < 4.78 is 0. The summed E-state index contributed by atoms with van der Waals surface area (Å²) in [7, 11) is 0. The molecule has 1 aliphatic rings. The number of hydrogen-bond acceptors (Lipinski definition) is 3. The lowest BCUT2D eigenvalue weighted by atomic mass is 10.2. The standard InChI is InChI=1S/C14H19N3/c1-4-14(12-15)7-6-13(3)17-10-8-16(5-2)9-11-17/h4-7H,2-3,8-11H2,1H3/b7-6-,14-4+. The summed E-state index contributed by atoms with van der Waals surface area (Å²) in [5, 5.41) is 8.79. The van der Waals surface area contributed by atoms with Crippen molar-refractivity contribution in [2.45, 2.75) is 6.92 Å². The Morgan fingerprint density at radius 1 is 1.24 bits per heavy atom. The predicted molar refractivity (Wildman–Crippen MR) is 71.0 cm³/mol. The Morgan fingerprint density at radius 3 is 2.35 bits per heavy atom. The summed E-state index contributed by atoms with van der Waals surface area (Å²) in [6.45, 7) is 13.5. The van der Waals surface area contributed by atoms with Gasteiger partial charge in [0.15, 0.2) is 0 Å². The largest absolute Gasteiger partial charge is 0.374 e. The number of hydrogen-bond donors (Lipinski definition) is 0. The Morgan fingerprint density at radius 2 is 1.88 bits per heavy atom. The van der Waals surface area contributed by atoms with Crippen LogP contribution >= 0.6 is 0 Å². The zero-order valence-corrected chi connectivity index (χ0v) is 10.4. The van der Waals surface area contributed by atoms with Crippen LogP contribution in [-0.4, -0.2) is 36.0 Å². The van der Waals surface area contributed by atoms with Crippen LogP contribution in [0.5, 0.6) is 0 Å². The van der Waals surface area contributed by atoms with Crippen LogP contribution in [0, 0.1) is 11.3 Å². The molecular formula is C14H19N3. The molecule has 3 nitrogen and oxygen atoms in total. The minimum atomic E-state index is 0.663. The minimum Gasteiger partial charge on any atom is -0.374 e. The molecule has 90 valence electrons. The van der Waals surface area contributed by atoms with Crippen LogP contribution in [0.25, 0.3) is 0 Å². The number of nitriles is 1. The van der Waals surface area contributed by atoms with Crippen molar-refractivity contribution in [3.8, 4) is 6.07 Å². The first kappa shape index (κ1) is 13.1. The molecule has 0 aromatic carbocycles. The summed E-state index contributed by atoms with van der Waals surface area (Å²) in [4.78, 5) is 4.42. The molecule has 0 atom stereocenters. The summed E-state index contributed by atoms with van der Waals surface area (Å²) in [6.07, 6.45) is 7.38. The molecule has 3 heteroatoms. The smallest absolute Gasteiger partial charge is 0.0988 e. The maximum atomic E-state index is 8.79. The van der Waals surface area contributed by atoms with Crippen molar-refractivity contribution in [3.63, 3.8) is 0 Å². The normalized spacial score (nSPS) is 17.1. The Balaban J connectivity index is 2.50. The molecule has 0 amide bonds. The van der Waals surface area contributed by atoms with Crippen molar-refractivity contribution >= 4 is 0 Å². The fraction of sp³-hybridized carbons (Fsp3) is 0.357. The summed E-state index contributed by atoms with van der Waals surface area (Å²) >= 11 is 0. The minimum absolute atomic E-state index is 0.663. The van der Waals surface area contributed by atoms with Gasteiger partial charge in [-0.2, -0.15) is 5.26 Å². The molecular weight excluding hydrogens is 210 g/mol.